The van der Waals surface area contributed by atoms with Crippen molar-refractivity contribution < 1.29 is 23.8 Å². The maximum absolute atomic E-state index is 13.3. The Morgan fingerprint density at radius 1 is 1.03 bits per heavy atom. The number of carbonyl (C=O) groups excluding carboxylic acids is 2. The van der Waals surface area contributed by atoms with Gasteiger partial charge in [0.25, 0.3) is 0 Å². The second-order valence-corrected chi connectivity index (χ2v) is 9.84. The second-order valence-electron chi connectivity index (χ2n) is 9.03. The molecule has 2 amide bonds. The van der Waals surface area contributed by atoms with Crippen LogP contribution in [0.15, 0.2) is 42.5 Å². The number of rotatable bonds is 4. The molecule has 1 N–H and O–H groups in total. The van der Waals surface area contributed by atoms with Crippen molar-refractivity contribution in [1.29, 1.82) is 0 Å². The lowest BCUT2D eigenvalue weighted by atomic mass is 9.86. The first-order valence-corrected chi connectivity index (χ1v) is 12.1. The molecule has 0 bridgehead atoms. The lowest BCUT2D eigenvalue weighted by Gasteiger charge is -2.29. The largest absolute Gasteiger partial charge is 0.415 e. The number of aliphatic hydroxyl groups excluding tert-OH is 1. The number of hydrogen-bond donors (Lipinski definition) is 1. The van der Waals surface area contributed by atoms with Crippen LogP contribution in [0.25, 0.3) is 0 Å². The molecule has 9 heteroatoms. The number of ether oxygens (including phenoxy) is 1. The van der Waals surface area contributed by atoms with E-state index in [-0.39, 0.29) is 35.6 Å². The number of likely N-dealkylation sites (tertiary alicyclic amines) is 1. The number of aliphatic hydroxyl groups is 1. The molecule has 1 aliphatic carbocycles. The summed E-state index contributed by atoms with van der Waals surface area (Å²) in [6, 6.07) is 10.2. The molecule has 0 radical (unpaired) electrons. The first-order chi connectivity index (χ1) is 16.2. The number of hydrogen-bond acceptors (Lipinski definition) is 4. The van der Waals surface area contributed by atoms with Crippen LogP contribution in [0.5, 0.6) is 5.75 Å². The quantitative estimate of drug-likeness (QED) is 0.622. The van der Waals surface area contributed by atoms with E-state index >= 15 is 0 Å². The van der Waals surface area contributed by atoms with Crippen LogP contribution in [-0.2, 0) is 4.79 Å². The summed E-state index contributed by atoms with van der Waals surface area (Å²) in [5.74, 6) is -0.476. The fraction of sp³-hybridized carbons (Fsp3) is 0.440. The monoisotopic (exact) mass is 508 g/mol. The van der Waals surface area contributed by atoms with E-state index in [4.69, 9.17) is 27.9 Å². The van der Waals surface area contributed by atoms with Gasteiger partial charge < -0.3 is 19.6 Å². The lowest BCUT2D eigenvalue weighted by molar-refractivity contribution is -0.136. The summed E-state index contributed by atoms with van der Waals surface area (Å²) in [5.41, 5.74) is 0.871. The van der Waals surface area contributed by atoms with Gasteiger partial charge in [0, 0.05) is 32.0 Å². The van der Waals surface area contributed by atoms with Gasteiger partial charge in [-0.15, -0.1) is 0 Å². The fourth-order valence-electron chi connectivity index (χ4n) is 4.82. The molecule has 0 aromatic heterocycles. The molecule has 2 fully saturated rings. The van der Waals surface area contributed by atoms with Gasteiger partial charge in [-0.2, -0.15) is 0 Å². The molecule has 1 aliphatic heterocycles. The highest BCUT2D eigenvalue weighted by Gasteiger charge is 2.42. The van der Waals surface area contributed by atoms with Crippen LogP contribution in [0.1, 0.15) is 37.2 Å². The second kappa shape index (κ2) is 10.5. The molecule has 4 rings (SSSR count). The van der Waals surface area contributed by atoms with Crippen LogP contribution in [0.4, 0.5) is 9.18 Å². The normalized spacial score (nSPS) is 24.7. The Kier molecular flexibility index (Phi) is 7.65. The zero-order valence-electron chi connectivity index (χ0n) is 18.8. The van der Waals surface area contributed by atoms with Crippen LogP contribution < -0.4 is 4.74 Å². The van der Waals surface area contributed by atoms with E-state index in [9.17, 15) is 19.1 Å². The summed E-state index contributed by atoms with van der Waals surface area (Å²) >= 11 is 12.4. The van der Waals surface area contributed by atoms with Gasteiger partial charge in [0.2, 0.25) is 5.91 Å². The average molecular weight is 509 g/mol. The Labute approximate surface area is 208 Å². The summed E-state index contributed by atoms with van der Waals surface area (Å²) in [6.07, 6.45) is 1.60. The van der Waals surface area contributed by atoms with Crippen molar-refractivity contribution in [1.82, 2.24) is 9.80 Å². The maximum atomic E-state index is 13.3. The lowest BCUT2D eigenvalue weighted by Crippen LogP contribution is -2.44. The Hall–Kier alpha value is -2.35. The van der Waals surface area contributed by atoms with Crippen LogP contribution in [0.3, 0.4) is 0 Å². The number of carbonyl (C=O) groups is 2. The van der Waals surface area contributed by atoms with Crippen molar-refractivity contribution in [3.05, 3.63) is 63.9 Å². The van der Waals surface area contributed by atoms with Crippen LogP contribution >= 0.6 is 23.2 Å². The number of amides is 2. The van der Waals surface area contributed by atoms with Gasteiger partial charge in [-0.3, -0.25) is 4.79 Å². The Morgan fingerprint density at radius 3 is 2.35 bits per heavy atom. The predicted molar refractivity (Wildman–Crippen MR) is 128 cm³/mol. The average Bonchev–Trinajstić information content (AvgIpc) is 3.27. The Bertz CT molecular complexity index is 1040. The first-order valence-electron chi connectivity index (χ1n) is 11.3. The van der Waals surface area contributed by atoms with E-state index in [0.29, 0.717) is 48.8 Å². The summed E-state index contributed by atoms with van der Waals surface area (Å²) < 4.78 is 18.6. The van der Waals surface area contributed by atoms with Crippen LogP contribution in [-0.4, -0.2) is 59.2 Å². The first kappa shape index (κ1) is 24.8. The van der Waals surface area contributed by atoms with Crippen LogP contribution in [0, 0.1) is 11.7 Å². The Balaban J connectivity index is 1.54. The Morgan fingerprint density at radius 2 is 1.71 bits per heavy atom. The summed E-state index contributed by atoms with van der Waals surface area (Å²) in [7, 11) is 1.63. The van der Waals surface area contributed by atoms with Crippen molar-refractivity contribution in [2.45, 2.75) is 43.7 Å². The summed E-state index contributed by atoms with van der Waals surface area (Å²) in [5, 5.41) is 10.6. The zero-order valence-corrected chi connectivity index (χ0v) is 20.3. The standard InChI is InChI=1S/C25H27Cl2FN2O4/c1-29(25(33)34-19-9-5-17(28)6-10-19)23-14-30(24(32)15-2-7-18(31)8-3-15)13-20(23)16-4-11-21(26)22(27)12-16/h4-6,9-12,15,18,20,23,31H,2-3,7-8,13-14H2,1H3/t15?,18?,20-,23?/m1/s1. The molecule has 182 valence electrons. The van der Waals surface area contributed by atoms with Crippen molar-refractivity contribution in [3.63, 3.8) is 0 Å². The molecule has 34 heavy (non-hydrogen) atoms. The number of benzene rings is 2. The third-order valence-electron chi connectivity index (χ3n) is 6.82. The molecule has 6 nitrogen and oxygen atoms in total. The van der Waals surface area contributed by atoms with Gasteiger partial charge in [0.15, 0.2) is 0 Å². The van der Waals surface area contributed by atoms with Crippen molar-refractivity contribution in [2.75, 3.05) is 20.1 Å². The van der Waals surface area contributed by atoms with Gasteiger partial charge in [-0.1, -0.05) is 29.3 Å². The van der Waals surface area contributed by atoms with Gasteiger partial charge >= 0.3 is 6.09 Å². The molecule has 1 saturated carbocycles. The third-order valence-corrected chi connectivity index (χ3v) is 7.56. The molecule has 2 aromatic rings. The molecule has 2 atom stereocenters. The van der Waals surface area contributed by atoms with Gasteiger partial charge in [-0.25, -0.2) is 9.18 Å². The highest BCUT2D eigenvalue weighted by Crippen LogP contribution is 2.36. The molecular formula is C25H27Cl2FN2O4. The molecule has 1 saturated heterocycles. The van der Waals surface area contributed by atoms with Crippen molar-refractivity contribution in [3.8, 4) is 5.75 Å². The number of likely N-dealkylation sites (N-methyl/N-ethyl adjacent to an activating group) is 1. The zero-order chi connectivity index (χ0) is 24.4. The van der Waals surface area contributed by atoms with Crippen LogP contribution in [0.2, 0.25) is 10.0 Å². The molecule has 2 aliphatic rings. The minimum atomic E-state index is -0.600. The van der Waals surface area contributed by atoms with Gasteiger partial charge in [-0.05, 0) is 67.6 Å². The highest BCUT2D eigenvalue weighted by molar-refractivity contribution is 6.42. The van der Waals surface area contributed by atoms with Crippen molar-refractivity contribution in [2.24, 2.45) is 5.92 Å². The molecular weight excluding hydrogens is 482 g/mol. The number of halogens is 3. The summed E-state index contributed by atoms with van der Waals surface area (Å²) in [6.45, 7) is 0.770. The smallest absolute Gasteiger partial charge is 0.410 e. The molecule has 2 aromatic carbocycles. The maximum Gasteiger partial charge on any atom is 0.415 e. The predicted octanol–water partition coefficient (Wildman–Crippen LogP) is 5.11. The molecule has 0 spiro atoms. The third kappa shape index (κ3) is 5.48. The van der Waals surface area contributed by atoms with E-state index in [0.717, 1.165) is 5.56 Å². The van der Waals surface area contributed by atoms with E-state index in [2.05, 4.69) is 0 Å². The van der Waals surface area contributed by atoms with Gasteiger partial charge in [0.1, 0.15) is 11.6 Å². The fourth-order valence-corrected chi connectivity index (χ4v) is 5.13. The minimum absolute atomic E-state index is 0.0414. The molecule has 1 unspecified atom stereocenters. The number of nitrogens with zero attached hydrogens (tertiary/aromatic N) is 2. The van der Waals surface area contributed by atoms with E-state index in [1.807, 2.05) is 6.07 Å². The van der Waals surface area contributed by atoms with Gasteiger partial charge in [0.05, 0.1) is 22.2 Å². The summed E-state index contributed by atoms with van der Waals surface area (Å²) in [4.78, 5) is 29.5. The molecule has 1 heterocycles. The van der Waals surface area contributed by atoms with E-state index < -0.39 is 11.9 Å². The van der Waals surface area contributed by atoms with E-state index in [1.165, 1.54) is 29.2 Å². The van der Waals surface area contributed by atoms with Crippen molar-refractivity contribution >= 4 is 35.2 Å². The minimum Gasteiger partial charge on any atom is -0.410 e. The topological polar surface area (TPSA) is 70.1 Å². The highest BCUT2D eigenvalue weighted by atomic mass is 35.5. The van der Waals surface area contributed by atoms with E-state index in [1.54, 1.807) is 24.1 Å². The SMILES string of the molecule is CN(C(=O)Oc1ccc(F)cc1)C1CN(C(=O)C2CCC(O)CC2)C[C@@H]1c1ccc(Cl)c(Cl)c1.